The monoisotopic (exact) mass is 415 g/mol. The summed E-state index contributed by atoms with van der Waals surface area (Å²) >= 11 is 0. The normalized spacial score (nSPS) is 11.4. The van der Waals surface area contributed by atoms with E-state index in [0.717, 1.165) is 9.99 Å². The molecular formula is C20H21N3O5S. The second-order valence-corrected chi connectivity index (χ2v) is 8.48. The highest BCUT2D eigenvalue weighted by Crippen LogP contribution is 2.27. The number of carbonyl (C=O) groups is 1. The molecule has 3 aromatic rings. The van der Waals surface area contributed by atoms with Crippen LogP contribution in [0.1, 0.15) is 15.9 Å². The van der Waals surface area contributed by atoms with Crippen molar-refractivity contribution in [2.45, 2.75) is 11.5 Å². The first-order valence-electron chi connectivity index (χ1n) is 8.69. The number of nitrogens with zero attached hydrogens (tertiary/aromatic N) is 3. The third kappa shape index (κ3) is 4.47. The molecule has 0 aliphatic rings. The summed E-state index contributed by atoms with van der Waals surface area (Å²) in [5.74, 6) is -0.491. The number of sulfonamides is 1. The largest absolute Gasteiger partial charge is 0.495 e. The molecule has 0 radical (unpaired) electrons. The number of ether oxygens (including phenoxy) is 2. The van der Waals surface area contributed by atoms with Gasteiger partial charge in [-0.1, -0.05) is 18.2 Å². The van der Waals surface area contributed by atoms with Crippen molar-refractivity contribution >= 4 is 16.0 Å². The van der Waals surface area contributed by atoms with Gasteiger partial charge in [0.2, 0.25) is 10.0 Å². The van der Waals surface area contributed by atoms with Crippen molar-refractivity contribution < 1.29 is 22.7 Å². The third-order valence-corrected chi connectivity index (χ3v) is 6.02. The lowest BCUT2D eigenvalue weighted by Crippen LogP contribution is -2.23. The fraction of sp³-hybridized carbons (Fsp3) is 0.200. The van der Waals surface area contributed by atoms with E-state index in [1.165, 1.54) is 39.4 Å². The van der Waals surface area contributed by atoms with E-state index in [2.05, 4.69) is 5.10 Å². The molecule has 0 atom stereocenters. The van der Waals surface area contributed by atoms with Crippen LogP contribution in [0.2, 0.25) is 0 Å². The molecule has 0 saturated heterocycles. The Morgan fingerprint density at radius 3 is 2.52 bits per heavy atom. The van der Waals surface area contributed by atoms with Crippen LogP contribution in [-0.4, -0.2) is 49.7 Å². The second kappa shape index (κ2) is 8.46. The molecule has 29 heavy (non-hydrogen) atoms. The average Bonchev–Trinajstić information content (AvgIpc) is 3.21. The smallest absolute Gasteiger partial charge is 0.338 e. The Labute approximate surface area is 169 Å². The van der Waals surface area contributed by atoms with Crippen molar-refractivity contribution in [3.63, 3.8) is 0 Å². The van der Waals surface area contributed by atoms with Gasteiger partial charge in [0, 0.05) is 25.9 Å². The van der Waals surface area contributed by atoms with Gasteiger partial charge in [0.05, 0.1) is 24.6 Å². The van der Waals surface area contributed by atoms with Crippen LogP contribution in [0.25, 0.3) is 5.69 Å². The van der Waals surface area contributed by atoms with Gasteiger partial charge in [0.1, 0.15) is 17.3 Å². The quantitative estimate of drug-likeness (QED) is 0.551. The molecule has 0 amide bonds. The number of hydrogen-bond acceptors (Lipinski definition) is 6. The van der Waals surface area contributed by atoms with Gasteiger partial charge >= 0.3 is 5.97 Å². The Balaban J connectivity index is 1.76. The van der Waals surface area contributed by atoms with Gasteiger partial charge in [-0.2, -0.15) is 5.10 Å². The number of rotatable bonds is 7. The van der Waals surface area contributed by atoms with Gasteiger partial charge in [0.15, 0.2) is 0 Å². The van der Waals surface area contributed by atoms with Crippen LogP contribution < -0.4 is 4.74 Å². The molecule has 152 valence electrons. The van der Waals surface area contributed by atoms with Crippen LogP contribution in [0.3, 0.4) is 0 Å². The number of carbonyl (C=O) groups excluding carboxylic acids is 1. The summed E-state index contributed by atoms with van der Waals surface area (Å²) in [7, 11) is 0.398. The topological polar surface area (TPSA) is 90.7 Å². The van der Waals surface area contributed by atoms with E-state index in [1.807, 2.05) is 30.3 Å². The van der Waals surface area contributed by atoms with Crippen LogP contribution >= 0.6 is 0 Å². The Kier molecular flexibility index (Phi) is 6.00. The standard InChI is InChI=1S/C20H21N3O5S/c1-22(2)29(25,26)19-11-16(9-10-18(19)27-3)20(24)28-14-15-12-21-23(13-15)17-7-5-4-6-8-17/h4-13H,14H2,1-3H3. The van der Waals surface area contributed by atoms with Crippen molar-refractivity contribution in [2.24, 2.45) is 0 Å². The lowest BCUT2D eigenvalue weighted by molar-refractivity contribution is 0.0472. The van der Waals surface area contributed by atoms with E-state index in [4.69, 9.17) is 9.47 Å². The van der Waals surface area contributed by atoms with E-state index in [0.29, 0.717) is 5.56 Å². The third-order valence-electron chi connectivity index (χ3n) is 4.18. The van der Waals surface area contributed by atoms with Gasteiger partial charge < -0.3 is 9.47 Å². The molecule has 3 rings (SSSR count). The van der Waals surface area contributed by atoms with E-state index in [9.17, 15) is 13.2 Å². The number of aromatic nitrogens is 2. The molecule has 0 unspecified atom stereocenters. The lowest BCUT2D eigenvalue weighted by Gasteiger charge is -2.15. The molecule has 0 aliphatic carbocycles. The molecule has 0 N–H and O–H groups in total. The molecule has 0 bridgehead atoms. The Bertz CT molecular complexity index is 1110. The first-order chi connectivity index (χ1) is 13.8. The Morgan fingerprint density at radius 2 is 1.86 bits per heavy atom. The molecule has 0 aliphatic heterocycles. The SMILES string of the molecule is COc1ccc(C(=O)OCc2cnn(-c3ccccc3)c2)cc1S(=O)(=O)N(C)C. The summed E-state index contributed by atoms with van der Waals surface area (Å²) in [6.07, 6.45) is 3.37. The first kappa shape index (κ1) is 20.6. The van der Waals surface area contributed by atoms with Crippen molar-refractivity contribution in [1.82, 2.24) is 14.1 Å². The van der Waals surface area contributed by atoms with Crippen LogP contribution in [-0.2, 0) is 21.4 Å². The molecule has 0 saturated carbocycles. The van der Waals surface area contributed by atoms with E-state index in [1.54, 1.807) is 17.1 Å². The maximum absolute atomic E-state index is 12.5. The fourth-order valence-electron chi connectivity index (χ4n) is 2.59. The highest BCUT2D eigenvalue weighted by Gasteiger charge is 2.24. The van der Waals surface area contributed by atoms with Crippen molar-refractivity contribution in [1.29, 1.82) is 0 Å². The predicted octanol–water partition coefficient (Wildman–Crippen LogP) is 2.49. The zero-order valence-electron chi connectivity index (χ0n) is 16.3. The number of para-hydroxylation sites is 1. The highest BCUT2D eigenvalue weighted by molar-refractivity contribution is 7.89. The summed E-state index contributed by atoms with van der Waals surface area (Å²) in [5, 5.41) is 4.25. The summed E-state index contributed by atoms with van der Waals surface area (Å²) in [5.41, 5.74) is 1.71. The molecule has 2 aromatic carbocycles. The maximum atomic E-state index is 12.5. The molecule has 1 aromatic heterocycles. The lowest BCUT2D eigenvalue weighted by atomic mass is 10.2. The van der Waals surface area contributed by atoms with Gasteiger partial charge in [0.25, 0.3) is 0 Å². The van der Waals surface area contributed by atoms with E-state index < -0.39 is 16.0 Å². The summed E-state index contributed by atoms with van der Waals surface area (Å²) in [6, 6.07) is 13.7. The summed E-state index contributed by atoms with van der Waals surface area (Å²) in [4.78, 5) is 12.3. The minimum absolute atomic E-state index is 0.00740. The fourth-order valence-corrected chi connectivity index (χ4v) is 3.67. The van der Waals surface area contributed by atoms with Crippen LogP contribution in [0.15, 0.2) is 65.8 Å². The van der Waals surface area contributed by atoms with Crippen LogP contribution in [0, 0.1) is 0 Å². The minimum Gasteiger partial charge on any atom is -0.495 e. The second-order valence-electron chi connectivity index (χ2n) is 6.36. The molecule has 1 heterocycles. The molecule has 9 heteroatoms. The van der Waals surface area contributed by atoms with E-state index in [-0.39, 0.29) is 22.8 Å². The summed E-state index contributed by atoms with van der Waals surface area (Å²) in [6.45, 7) is 0.00740. The number of esters is 1. The minimum atomic E-state index is -3.78. The highest BCUT2D eigenvalue weighted by atomic mass is 32.2. The van der Waals surface area contributed by atoms with Gasteiger partial charge in [-0.05, 0) is 30.3 Å². The Hall–Kier alpha value is -3.17. The molecule has 0 fully saturated rings. The number of hydrogen-bond donors (Lipinski definition) is 0. The predicted molar refractivity (Wildman–Crippen MR) is 107 cm³/mol. The molecular weight excluding hydrogens is 394 g/mol. The van der Waals surface area contributed by atoms with Crippen LogP contribution in [0.5, 0.6) is 5.75 Å². The molecule has 8 nitrogen and oxygen atoms in total. The molecule has 0 spiro atoms. The van der Waals surface area contributed by atoms with Crippen molar-refractivity contribution in [2.75, 3.05) is 21.2 Å². The van der Waals surface area contributed by atoms with Gasteiger partial charge in [-0.15, -0.1) is 0 Å². The Morgan fingerprint density at radius 1 is 1.14 bits per heavy atom. The van der Waals surface area contributed by atoms with Crippen molar-refractivity contribution in [3.05, 3.63) is 72.1 Å². The van der Waals surface area contributed by atoms with Crippen LogP contribution in [0.4, 0.5) is 0 Å². The number of methoxy groups -OCH3 is 1. The van der Waals surface area contributed by atoms with E-state index >= 15 is 0 Å². The number of benzene rings is 2. The maximum Gasteiger partial charge on any atom is 0.338 e. The zero-order chi connectivity index (χ0) is 21.0. The van der Waals surface area contributed by atoms with Crippen molar-refractivity contribution in [3.8, 4) is 11.4 Å². The average molecular weight is 415 g/mol. The van der Waals surface area contributed by atoms with Gasteiger partial charge in [-0.3, -0.25) is 0 Å². The van der Waals surface area contributed by atoms with Gasteiger partial charge in [-0.25, -0.2) is 22.2 Å². The first-order valence-corrected chi connectivity index (χ1v) is 10.1. The summed E-state index contributed by atoms with van der Waals surface area (Å²) < 4.78 is 38.1. The zero-order valence-corrected chi connectivity index (χ0v) is 17.1.